The Kier molecular flexibility index (Phi) is 5.74. The van der Waals surface area contributed by atoms with Gasteiger partial charge in [0, 0.05) is 10.0 Å². The van der Waals surface area contributed by atoms with Crippen LogP contribution in [0.1, 0.15) is 16.1 Å². The number of rotatable bonds is 5. The molecule has 0 aliphatic heterocycles. The average molecular weight is 515 g/mol. The van der Waals surface area contributed by atoms with Crippen LogP contribution in [0.5, 0.6) is 5.75 Å². The Hall–Kier alpha value is -2.57. The molecule has 0 bridgehead atoms. The molecule has 0 radical (unpaired) electrons. The molecule has 0 saturated carbocycles. The van der Waals surface area contributed by atoms with Crippen LogP contribution in [0.25, 0.3) is 22.1 Å². The van der Waals surface area contributed by atoms with E-state index in [1.165, 1.54) is 0 Å². The number of methoxy groups -OCH3 is 1. The number of halogens is 2. The zero-order valence-electron chi connectivity index (χ0n) is 15.5. The minimum Gasteiger partial charge on any atom is -0.495 e. The highest BCUT2D eigenvalue weighted by Crippen LogP contribution is 2.36. The number of ether oxygens (including phenoxy) is 1. The Morgan fingerprint density at radius 2 is 1.79 bits per heavy atom. The smallest absolute Gasteiger partial charge is 0.255 e. The van der Waals surface area contributed by atoms with Crippen LogP contribution in [0.15, 0.2) is 80.1 Å². The van der Waals surface area contributed by atoms with Crippen molar-refractivity contribution in [2.75, 3.05) is 7.11 Å². The number of carbonyl (C=O) groups excluding carboxylic acids is 1. The van der Waals surface area contributed by atoms with Crippen LogP contribution in [-0.4, -0.2) is 13.0 Å². The van der Waals surface area contributed by atoms with Gasteiger partial charge in [0.2, 0.25) is 0 Å². The van der Waals surface area contributed by atoms with Crippen molar-refractivity contribution in [2.24, 2.45) is 0 Å². The number of fused-ring (bicyclic) bond motifs is 1. The van der Waals surface area contributed by atoms with E-state index in [-0.39, 0.29) is 12.5 Å². The molecular formula is C23H17Br2NO3. The van der Waals surface area contributed by atoms with Gasteiger partial charge in [-0.05, 0) is 57.0 Å². The number of hydrogen-bond acceptors (Lipinski definition) is 3. The fourth-order valence-corrected chi connectivity index (χ4v) is 4.16. The Morgan fingerprint density at radius 1 is 1.03 bits per heavy atom. The normalized spacial score (nSPS) is 10.9. The summed E-state index contributed by atoms with van der Waals surface area (Å²) >= 11 is 6.99. The lowest BCUT2D eigenvalue weighted by Crippen LogP contribution is -2.23. The number of benzene rings is 3. The van der Waals surface area contributed by atoms with Crippen molar-refractivity contribution in [3.63, 3.8) is 0 Å². The Labute approximate surface area is 185 Å². The van der Waals surface area contributed by atoms with Gasteiger partial charge in [-0.2, -0.15) is 0 Å². The molecule has 4 aromatic rings. The summed E-state index contributed by atoms with van der Waals surface area (Å²) in [6.07, 6.45) is 0. The van der Waals surface area contributed by atoms with Crippen LogP contribution >= 0.6 is 31.9 Å². The third kappa shape index (κ3) is 4.09. The molecule has 3 aromatic carbocycles. The van der Waals surface area contributed by atoms with Gasteiger partial charge in [0.15, 0.2) is 0 Å². The summed E-state index contributed by atoms with van der Waals surface area (Å²) in [7, 11) is 1.56. The Bertz CT molecular complexity index is 1180. The van der Waals surface area contributed by atoms with Crippen molar-refractivity contribution in [1.82, 2.24) is 5.32 Å². The predicted molar refractivity (Wildman–Crippen MR) is 121 cm³/mol. The fraction of sp³-hybridized carbons (Fsp3) is 0.0870. The summed E-state index contributed by atoms with van der Waals surface area (Å²) in [5.74, 6) is 1.72. The van der Waals surface area contributed by atoms with Gasteiger partial charge < -0.3 is 14.5 Å². The van der Waals surface area contributed by atoms with Crippen LogP contribution in [0.2, 0.25) is 0 Å². The molecule has 1 aromatic heterocycles. The van der Waals surface area contributed by atoms with Crippen LogP contribution < -0.4 is 10.1 Å². The molecule has 0 spiro atoms. The van der Waals surface area contributed by atoms with Gasteiger partial charge in [-0.25, -0.2) is 0 Å². The first-order chi connectivity index (χ1) is 14.1. The van der Waals surface area contributed by atoms with Gasteiger partial charge >= 0.3 is 0 Å². The van der Waals surface area contributed by atoms with Crippen LogP contribution in [0, 0.1) is 0 Å². The lowest BCUT2D eigenvalue weighted by Gasteiger charge is -2.13. The monoisotopic (exact) mass is 513 g/mol. The number of carbonyl (C=O) groups is 1. The highest BCUT2D eigenvalue weighted by atomic mass is 79.9. The van der Waals surface area contributed by atoms with E-state index >= 15 is 0 Å². The summed E-state index contributed by atoms with van der Waals surface area (Å²) in [5, 5.41) is 4.87. The van der Waals surface area contributed by atoms with Crippen molar-refractivity contribution in [1.29, 1.82) is 0 Å². The van der Waals surface area contributed by atoms with Crippen molar-refractivity contribution in [3.05, 3.63) is 87.0 Å². The van der Waals surface area contributed by atoms with Crippen LogP contribution in [0.4, 0.5) is 0 Å². The molecule has 0 unspecified atom stereocenters. The van der Waals surface area contributed by atoms with E-state index in [0.29, 0.717) is 17.1 Å². The molecule has 4 nitrogen and oxygen atoms in total. The number of hydrogen-bond donors (Lipinski definition) is 1. The predicted octanol–water partition coefficient (Wildman–Crippen LogP) is 6.56. The fourth-order valence-electron chi connectivity index (χ4n) is 3.16. The summed E-state index contributed by atoms with van der Waals surface area (Å²) in [6.45, 7) is 0.281. The second-order valence-electron chi connectivity index (χ2n) is 6.45. The van der Waals surface area contributed by atoms with Gasteiger partial charge in [0.1, 0.15) is 17.3 Å². The number of furan rings is 1. The molecule has 146 valence electrons. The quantitative estimate of drug-likeness (QED) is 0.328. The van der Waals surface area contributed by atoms with E-state index in [1.54, 1.807) is 7.11 Å². The van der Waals surface area contributed by atoms with Crippen LogP contribution in [-0.2, 0) is 6.54 Å². The van der Waals surface area contributed by atoms with Gasteiger partial charge in [0.05, 0.1) is 23.7 Å². The number of amides is 1. The SMILES string of the molecule is COc1c(C(=O)NCc2ccc(-c3ccc(Br)cc3)o2)cc2ccccc2c1Br. The molecular weight excluding hydrogens is 498 g/mol. The van der Waals surface area contributed by atoms with Crippen molar-refractivity contribution < 1.29 is 13.9 Å². The van der Waals surface area contributed by atoms with E-state index in [9.17, 15) is 4.79 Å². The molecule has 0 fully saturated rings. The maximum absolute atomic E-state index is 12.8. The molecule has 1 N–H and O–H groups in total. The van der Waals surface area contributed by atoms with Gasteiger partial charge in [0.25, 0.3) is 5.91 Å². The largest absolute Gasteiger partial charge is 0.495 e. The lowest BCUT2D eigenvalue weighted by molar-refractivity contribution is 0.0945. The lowest BCUT2D eigenvalue weighted by atomic mass is 10.1. The molecule has 6 heteroatoms. The zero-order chi connectivity index (χ0) is 20.4. The summed E-state index contributed by atoms with van der Waals surface area (Å²) in [4.78, 5) is 12.8. The second kappa shape index (κ2) is 8.43. The topological polar surface area (TPSA) is 51.5 Å². The highest BCUT2D eigenvalue weighted by Gasteiger charge is 2.18. The van der Waals surface area contributed by atoms with E-state index in [4.69, 9.17) is 9.15 Å². The first kappa shape index (κ1) is 19.7. The van der Waals surface area contributed by atoms with Crippen molar-refractivity contribution in [3.8, 4) is 17.1 Å². The highest BCUT2D eigenvalue weighted by molar-refractivity contribution is 9.11. The standard InChI is InChI=1S/C23H17Br2NO3/c1-28-22-19(12-15-4-2-3-5-18(15)21(22)25)23(27)26-13-17-10-11-20(29-17)14-6-8-16(24)9-7-14/h2-12H,13H2,1H3,(H,26,27). The minimum absolute atomic E-state index is 0.227. The average Bonchev–Trinajstić information content (AvgIpc) is 3.21. The van der Waals surface area contributed by atoms with E-state index < -0.39 is 0 Å². The van der Waals surface area contributed by atoms with E-state index in [0.717, 1.165) is 31.0 Å². The number of nitrogens with one attached hydrogen (secondary N) is 1. The van der Waals surface area contributed by atoms with Gasteiger partial charge in [-0.15, -0.1) is 0 Å². The Balaban J connectivity index is 1.54. The molecule has 0 aliphatic carbocycles. The molecule has 1 amide bonds. The van der Waals surface area contributed by atoms with Crippen LogP contribution in [0.3, 0.4) is 0 Å². The summed E-state index contributed by atoms with van der Waals surface area (Å²) in [6, 6.07) is 21.3. The first-order valence-electron chi connectivity index (χ1n) is 8.95. The van der Waals surface area contributed by atoms with Gasteiger partial charge in [-0.1, -0.05) is 52.3 Å². The van der Waals surface area contributed by atoms with Crippen molar-refractivity contribution >= 4 is 48.5 Å². The Morgan fingerprint density at radius 3 is 2.55 bits per heavy atom. The molecule has 0 aliphatic rings. The maximum atomic E-state index is 12.8. The summed E-state index contributed by atoms with van der Waals surface area (Å²) in [5.41, 5.74) is 1.45. The maximum Gasteiger partial charge on any atom is 0.255 e. The molecule has 1 heterocycles. The van der Waals surface area contributed by atoms with Crippen molar-refractivity contribution in [2.45, 2.75) is 6.54 Å². The van der Waals surface area contributed by atoms with E-state index in [2.05, 4.69) is 37.2 Å². The minimum atomic E-state index is -0.227. The molecule has 0 atom stereocenters. The third-order valence-electron chi connectivity index (χ3n) is 4.60. The third-order valence-corrected chi connectivity index (χ3v) is 5.92. The molecule has 0 saturated heterocycles. The second-order valence-corrected chi connectivity index (χ2v) is 8.16. The first-order valence-corrected chi connectivity index (χ1v) is 10.5. The van der Waals surface area contributed by atoms with Gasteiger partial charge in [-0.3, -0.25) is 4.79 Å². The molecule has 4 rings (SSSR count). The van der Waals surface area contributed by atoms with E-state index in [1.807, 2.05) is 66.7 Å². The zero-order valence-corrected chi connectivity index (χ0v) is 18.7. The summed E-state index contributed by atoms with van der Waals surface area (Å²) < 4.78 is 13.1. The molecule has 29 heavy (non-hydrogen) atoms.